The Bertz CT molecular complexity index is 2010. The molecule has 0 atom stereocenters. The Morgan fingerprint density at radius 1 is 0.561 bits per heavy atom. The fourth-order valence-corrected chi connectivity index (χ4v) is 5.95. The van der Waals surface area contributed by atoms with Gasteiger partial charge in [0.1, 0.15) is 28.8 Å². The highest BCUT2D eigenvalue weighted by molar-refractivity contribution is 6.32. The van der Waals surface area contributed by atoms with Crippen molar-refractivity contribution in [1.82, 2.24) is 0 Å². The van der Waals surface area contributed by atoms with Crippen molar-refractivity contribution >= 4 is 58.9 Å². The summed E-state index contributed by atoms with van der Waals surface area (Å²) in [6.45, 7) is 5.56. The first kappa shape index (κ1) is 42.6. The summed E-state index contributed by atoms with van der Waals surface area (Å²) < 4.78 is 36.9. The van der Waals surface area contributed by atoms with Crippen LogP contribution >= 0.6 is 23.2 Å². The molecule has 57 heavy (non-hydrogen) atoms. The van der Waals surface area contributed by atoms with E-state index < -0.39 is 17.8 Å². The van der Waals surface area contributed by atoms with Crippen LogP contribution in [0.3, 0.4) is 0 Å². The third-order valence-electron chi connectivity index (χ3n) is 8.63. The monoisotopic (exact) mass is 810 g/mol. The van der Waals surface area contributed by atoms with E-state index in [0.717, 1.165) is 61.8 Å². The highest BCUT2D eigenvalue weighted by atomic mass is 35.5. The number of carbonyl (C=O) groups excluding carboxylic acids is 2. The van der Waals surface area contributed by atoms with Crippen LogP contribution in [0.2, 0.25) is 10.0 Å². The van der Waals surface area contributed by atoms with Gasteiger partial charge in [-0.3, -0.25) is 9.98 Å². The second kappa shape index (κ2) is 22.3. The van der Waals surface area contributed by atoms with E-state index in [1.165, 1.54) is 18.9 Å². The molecule has 0 aliphatic carbocycles. The van der Waals surface area contributed by atoms with Gasteiger partial charge in [-0.1, -0.05) is 99.8 Å². The van der Waals surface area contributed by atoms with Crippen LogP contribution in [0.4, 0.5) is 15.8 Å². The number of unbranched alkanes of at least 4 members (excludes halogenated alkanes) is 6. The van der Waals surface area contributed by atoms with Crippen LogP contribution in [-0.4, -0.2) is 37.6 Å². The molecule has 0 bridgehead atoms. The Labute approximate surface area is 343 Å². The molecule has 0 fully saturated rings. The summed E-state index contributed by atoms with van der Waals surface area (Å²) >= 11 is 12.8. The molecular formula is C46H45Cl2FN2O6. The van der Waals surface area contributed by atoms with E-state index in [0.29, 0.717) is 46.1 Å². The molecule has 0 spiro atoms. The lowest BCUT2D eigenvalue weighted by Gasteiger charge is -2.09. The topological polar surface area (TPSA) is 95.8 Å². The molecule has 0 radical (unpaired) electrons. The first-order chi connectivity index (χ1) is 27.7. The van der Waals surface area contributed by atoms with E-state index in [1.807, 2.05) is 12.1 Å². The van der Waals surface area contributed by atoms with Gasteiger partial charge in [-0.25, -0.2) is 14.0 Å². The third kappa shape index (κ3) is 13.9. The molecule has 0 N–H and O–H groups in total. The quantitative estimate of drug-likeness (QED) is 0.0336. The number of hydrogen-bond donors (Lipinski definition) is 0. The molecule has 0 saturated heterocycles. The first-order valence-corrected chi connectivity index (χ1v) is 19.8. The molecule has 5 rings (SSSR count). The molecule has 0 aliphatic heterocycles. The molecule has 0 aromatic heterocycles. The van der Waals surface area contributed by atoms with E-state index in [9.17, 15) is 14.0 Å². The normalized spacial score (nSPS) is 11.2. The van der Waals surface area contributed by atoms with Crippen LogP contribution in [0, 0.1) is 5.82 Å². The lowest BCUT2D eigenvalue weighted by atomic mass is 10.1. The number of ether oxygens (including phenoxy) is 4. The highest BCUT2D eigenvalue weighted by Crippen LogP contribution is 2.31. The summed E-state index contributed by atoms with van der Waals surface area (Å²) in [5.74, 6) is -1.21. The molecular weight excluding hydrogens is 766 g/mol. The SMILES string of the molecule is CCCCCCOc1ccc(N=Cc2ccc(C(=O)Oc3cc(F)cc(OC(=O)c4ccc(C=Nc5ccc(OCCCCCC)c(Cl)c5)cc4)c3)cc2)cc1Cl. The molecule has 0 heterocycles. The van der Waals surface area contributed by atoms with Crippen LogP contribution in [0.5, 0.6) is 23.0 Å². The van der Waals surface area contributed by atoms with Crippen LogP contribution < -0.4 is 18.9 Å². The predicted octanol–water partition coefficient (Wildman–Crippen LogP) is 13.0. The maximum atomic E-state index is 14.5. The maximum absolute atomic E-state index is 14.5. The lowest BCUT2D eigenvalue weighted by Crippen LogP contribution is -2.11. The number of aliphatic imine (C=N–C) groups is 2. The highest BCUT2D eigenvalue weighted by Gasteiger charge is 2.14. The molecule has 0 saturated carbocycles. The molecule has 8 nitrogen and oxygen atoms in total. The summed E-state index contributed by atoms with van der Waals surface area (Å²) in [4.78, 5) is 34.8. The van der Waals surface area contributed by atoms with Crippen molar-refractivity contribution in [2.45, 2.75) is 65.2 Å². The number of benzene rings is 5. The van der Waals surface area contributed by atoms with E-state index in [1.54, 1.807) is 85.2 Å². The van der Waals surface area contributed by atoms with Gasteiger partial charge in [-0.05, 0) is 84.6 Å². The van der Waals surface area contributed by atoms with Crippen molar-refractivity contribution in [1.29, 1.82) is 0 Å². The van der Waals surface area contributed by atoms with E-state index in [4.69, 9.17) is 42.1 Å². The second-order valence-electron chi connectivity index (χ2n) is 13.2. The largest absolute Gasteiger partial charge is 0.492 e. The van der Waals surface area contributed by atoms with Gasteiger partial charge in [0.05, 0.1) is 45.8 Å². The Kier molecular flexibility index (Phi) is 16.7. The smallest absolute Gasteiger partial charge is 0.343 e. The van der Waals surface area contributed by atoms with E-state index in [-0.39, 0.29) is 22.6 Å². The average molecular weight is 812 g/mol. The molecule has 5 aromatic carbocycles. The summed E-state index contributed by atoms with van der Waals surface area (Å²) in [6.07, 6.45) is 12.2. The zero-order valence-electron chi connectivity index (χ0n) is 32.0. The Balaban J connectivity index is 1.11. The fraction of sp³-hybridized carbons (Fsp3) is 0.261. The van der Waals surface area contributed by atoms with Crippen molar-refractivity contribution in [3.63, 3.8) is 0 Å². The molecule has 0 unspecified atom stereocenters. The van der Waals surface area contributed by atoms with Crippen molar-refractivity contribution in [3.8, 4) is 23.0 Å². The van der Waals surface area contributed by atoms with Gasteiger partial charge in [-0.2, -0.15) is 0 Å². The van der Waals surface area contributed by atoms with Gasteiger partial charge in [0.25, 0.3) is 0 Å². The minimum Gasteiger partial charge on any atom is -0.492 e. The third-order valence-corrected chi connectivity index (χ3v) is 9.22. The van der Waals surface area contributed by atoms with Crippen LogP contribution in [0.25, 0.3) is 0 Å². The molecule has 0 amide bonds. The average Bonchev–Trinajstić information content (AvgIpc) is 3.20. The minimum absolute atomic E-state index is 0.128. The summed E-state index contributed by atoms with van der Waals surface area (Å²) in [7, 11) is 0. The van der Waals surface area contributed by atoms with Gasteiger partial charge >= 0.3 is 11.9 Å². The Morgan fingerprint density at radius 3 is 1.37 bits per heavy atom. The van der Waals surface area contributed by atoms with Crippen molar-refractivity contribution < 1.29 is 32.9 Å². The van der Waals surface area contributed by atoms with Crippen LogP contribution in [0.1, 0.15) is 97.1 Å². The fourth-order valence-electron chi connectivity index (χ4n) is 5.49. The van der Waals surface area contributed by atoms with E-state index in [2.05, 4.69) is 23.8 Å². The van der Waals surface area contributed by atoms with Gasteiger partial charge < -0.3 is 18.9 Å². The number of hydrogen-bond acceptors (Lipinski definition) is 8. The Morgan fingerprint density at radius 2 is 0.982 bits per heavy atom. The van der Waals surface area contributed by atoms with Gasteiger partial charge in [0.15, 0.2) is 0 Å². The predicted molar refractivity (Wildman–Crippen MR) is 226 cm³/mol. The summed E-state index contributed by atoms with van der Waals surface area (Å²) in [6, 6.07) is 27.1. The minimum atomic E-state index is -0.750. The number of carbonyl (C=O) groups is 2. The molecule has 0 aliphatic rings. The number of halogens is 3. The zero-order valence-corrected chi connectivity index (χ0v) is 33.5. The standard InChI is InChI=1S/C46H45Cl2FN2O6/c1-3-5-7-9-23-54-43-21-19-37(27-41(43)47)50-30-32-11-15-34(16-12-32)45(52)56-39-25-36(49)26-40(29-39)57-46(53)35-17-13-33(14-18-35)31-51-38-20-22-44(42(48)28-38)55-24-10-8-6-4-2/h11-22,25-31H,3-10,23-24H2,1-2H3. The van der Waals surface area contributed by atoms with Gasteiger partial charge in [-0.15, -0.1) is 0 Å². The van der Waals surface area contributed by atoms with Crippen molar-refractivity contribution in [2.75, 3.05) is 13.2 Å². The molecule has 5 aromatic rings. The van der Waals surface area contributed by atoms with Crippen molar-refractivity contribution in [3.05, 3.63) is 141 Å². The van der Waals surface area contributed by atoms with Crippen LogP contribution in [-0.2, 0) is 0 Å². The zero-order chi connectivity index (χ0) is 40.4. The maximum Gasteiger partial charge on any atom is 0.343 e. The number of nitrogens with zero attached hydrogens (tertiary/aromatic N) is 2. The van der Waals surface area contributed by atoms with Crippen molar-refractivity contribution in [2.24, 2.45) is 9.98 Å². The number of esters is 2. The lowest BCUT2D eigenvalue weighted by molar-refractivity contribution is 0.0732. The molecule has 11 heteroatoms. The summed E-state index contributed by atoms with van der Waals surface area (Å²) in [5.41, 5.74) is 3.21. The Hall–Kier alpha value is -5.51. The molecule has 296 valence electrons. The first-order valence-electron chi connectivity index (χ1n) is 19.1. The second-order valence-corrected chi connectivity index (χ2v) is 14.0. The summed E-state index contributed by atoms with van der Waals surface area (Å²) in [5, 5.41) is 0.959. The van der Waals surface area contributed by atoms with Crippen LogP contribution in [0.15, 0.2) is 113 Å². The van der Waals surface area contributed by atoms with E-state index >= 15 is 0 Å². The van der Waals surface area contributed by atoms with Gasteiger partial charge in [0, 0.05) is 30.6 Å². The van der Waals surface area contributed by atoms with Gasteiger partial charge in [0.2, 0.25) is 0 Å². The number of rotatable bonds is 20.